The lowest BCUT2D eigenvalue weighted by Gasteiger charge is -2.35. The maximum absolute atomic E-state index is 13.5. The minimum Gasteiger partial charge on any atom is -0.480 e. The SMILES string of the molecule is CC(=O)O[C@@H](C(=O)Nc1ccc(-c2noc(=O)[nH]2)cc1)[C@H]1OCCN(c2cccc(C(=O)N(C)CC(=O)O)c2)C1=O. The van der Waals surface area contributed by atoms with Crippen LogP contribution < -0.4 is 16.0 Å². The van der Waals surface area contributed by atoms with Gasteiger partial charge in [-0.05, 0) is 42.5 Å². The van der Waals surface area contributed by atoms with Gasteiger partial charge in [0.1, 0.15) is 6.54 Å². The van der Waals surface area contributed by atoms with E-state index in [1.807, 2.05) is 0 Å². The number of aromatic amines is 1. The molecule has 2 heterocycles. The molecule has 3 N–H and O–H groups in total. The second kappa shape index (κ2) is 12.3. The lowest BCUT2D eigenvalue weighted by atomic mass is 10.1. The number of carboxylic acids is 1. The van der Waals surface area contributed by atoms with Crippen molar-refractivity contribution in [2.45, 2.75) is 19.1 Å². The van der Waals surface area contributed by atoms with E-state index in [-0.39, 0.29) is 24.5 Å². The van der Waals surface area contributed by atoms with Crippen LogP contribution in [0.5, 0.6) is 0 Å². The number of rotatable bonds is 9. The third-order valence-corrected chi connectivity index (χ3v) is 5.94. The van der Waals surface area contributed by atoms with Gasteiger partial charge in [-0.1, -0.05) is 11.2 Å². The Hall–Kier alpha value is -5.31. The Morgan fingerprint density at radius 3 is 2.56 bits per heavy atom. The number of nitrogens with one attached hydrogen (secondary N) is 2. The summed E-state index contributed by atoms with van der Waals surface area (Å²) in [6, 6.07) is 12.1. The van der Waals surface area contributed by atoms with Gasteiger partial charge < -0.3 is 29.7 Å². The van der Waals surface area contributed by atoms with Gasteiger partial charge >= 0.3 is 17.7 Å². The molecule has 1 aliphatic heterocycles. The van der Waals surface area contributed by atoms with Gasteiger partial charge in [0.15, 0.2) is 11.9 Å². The largest absolute Gasteiger partial charge is 0.480 e. The summed E-state index contributed by atoms with van der Waals surface area (Å²) in [6.07, 6.45) is -3.15. The number of likely N-dealkylation sites (N-methyl/N-ethyl adjacent to an activating group) is 1. The summed E-state index contributed by atoms with van der Waals surface area (Å²) in [5, 5.41) is 15.1. The molecule has 0 saturated carbocycles. The number of carboxylic acid groups (broad SMARTS) is 1. The number of aromatic nitrogens is 2. The van der Waals surface area contributed by atoms with Crippen LogP contribution in [0, 0.1) is 0 Å². The van der Waals surface area contributed by atoms with Crippen molar-refractivity contribution in [2.24, 2.45) is 0 Å². The number of anilines is 2. The number of H-pyrrole nitrogens is 1. The van der Waals surface area contributed by atoms with E-state index in [0.29, 0.717) is 16.9 Å². The average Bonchev–Trinajstić information content (AvgIpc) is 3.37. The first-order valence-corrected chi connectivity index (χ1v) is 12.2. The summed E-state index contributed by atoms with van der Waals surface area (Å²) in [5.74, 6) is -4.63. The van der Waals surface area contributed by atoms with Crippen LogP contribution in [0.25, 0.3) is 11.4 Å². The first-order valence-electron chi connectivity index (χ1n) is 12.2. The number of benzene rings is 2. The fourth-order valence-corrected chi connectivity index (χ4v) is 4.09. The van der Waals surface area contributed by atoms with Crippen molar-refractivity contribution < 1.29 is 43.1 Å². The van der Waals surface area contributed by atoms with Gasteiger partial charge in [-0.3, -0.25) is 33.5 Å². The Labute approximate surface area is 231 Å². The summed E-state index contributed by atoms with van der Waals surface area (Å²) in [7, 11) is 1.34. The van der Waals surface area contributed by atoms with Crippen LogP contribution in [-0.4, -0.2) is 88.8 Å². The smallest absolute Gasteiger partial charge is 0.439 e. The molecule has 0 bridgehead atoms. The zero-order chi connectivity index (χ0) is 29.7. The van der Waals surface area contributed by atoms with Gasteiger partial charge in [0.2, 0.25) is 6.10 Å². The number of morpholine rings is 1. The number of hydrogen-bond donors (Lipinski definition) is 3. The van der Waals surface area contributed by atoms with Crippen LogP contribution in [0.4, 0.5) is 11.4 Å². The van der Waals surface area contributed by atoms with E-state index in [9.17, 15) is 28.8 Å². The zero-order valence-electron chi connectivity index (χ0n) is 21.9. The molecule has 15 heteroatoms. The highest BCUT2D eigenvalue weighted by atomic mass is 16.6. The Kier molecular flexibility index (Phi) is 8.57. The van der Waals surface area contributed by atoms with E-state index >= 15 is 0 Å². The topological polar surface area (TPSA) is 201 Å². The summed E-state index contributed by atoms with van der Waals surface area (Å²) in [6.45, 7) is 0.645. The first kappa shape index (κ1) is 28.7. The molecular weight excluding hydrogens is 542 g/mol. The van der Waals surface area contributed by atoms with Crippen LogP contribution in [0.15, 0.2) is 57.8 Å². The molecule has 41 heavy (non-hydrogen) atoms. The highest BCUT2D eigenvalue weighted by Gasteiger charge is 2.42. The number of esters is 1. The minimum absolute atomic E-state index is 0.0108. The van der Waals surface area contributed by atoms with Gasteiger partial charge in [-0.25, -0.2) is 4.79 Å². The molecule has 3 aromatic rings. The molecule has 2 atom stereocenters. The lowest BCUT2D eigenvalue weighted by Crippen LogP contribution is -2.56. The Bertz CT molecular complexity index is 1530. The Balaban J connectivity index is 1.52. The third-order valence-electron chi connectivity index (χ3n) is 5.94. The molecule has 0 unspecified atom stereocenters. The maximum Gasteiger partial charge on any atom is 0.439 e. The minimum atomic E-state index is -1.65. The van der Waals surface area contributed by atoms with Crippen LogP contribution in [0.2, 0.25) is 0 Å². The lowest BCUT2D eigenvalue weighted by molar-refractivity contribution is -0.167. The Morgan fingerprint density at radius 2 is 1.93 bits per heavy atom. The summed E-state index contributed by atoms with van der Waals surface area (Å²) in [4.78, 5) is 78.1. The van der Waals surface area contributed by atoms with Crippen LogP contribution in [0.3, 0.4) is 0 Å². The second-order valence-electron chi connectivity index (χ2n) is 8.93. The fourth-order valence-electron chi connectivity index (χ4n) is 4.09. The van der Waals surface area contributed by atoms with Gasteiger partial charge in [-0.2, -0.15) is 0 Å². The van der Waals surface area contributed by atoms with Crippen molar-refractivity contribution in [1.29, 1.82) is 0 Å². The number of nitrogens with zero attached hydrogens (tertiary/aromatic N) is 3. The Morgan fingerprint density at radius 1 is 1.20 bits per heavy atom. The highest BCUT2D eigenvalue weighted by Crippen LogP contribution is 2.24. The molecule has 2 aromatic carbocycles. The van der Waals surface area contributed by atoms with Crippen LogP contribution >= 0.6 is 0 Å². The van der Waals surface area contributed by atoms with Crippen molar-refractivity contribution in [3.63, 3.8) is 0 Å². The number of carbonyl (C=O) groups excluding carboxylic acids is 4. The number of hydrogen-bond acceptors (Lipinski definition) is 10. The van der Waals surface area contributed by atoms with E-state index in [0.717, 1.165) is 11.8 Å². The molecule has 0 radical (unpaired) electrons. The maximum atomic E-state index is 13.5. The molecule has 1 aromatic heterocycles. The number of carbonyl (C=O) groups is 5. The third kappa shape index (κ3) is 6.83. The molecule has 15 nitrogen and oxygen atoms in total. The number of aliphatic carboxylic acids is 1. The van der Waals surface area contributed by atoms with Crippen LogP contribution in [-0.2, 0) is 28.7 Å². The van der Waals surface area contributed by atoms with Crippen molar-refractivity contribution in [3.8, 4) is 11.4 Å². The fraction of sp³-hybridized carbons (Fsp3) is 0.269. The molecule has 1 aliphatic rings. The van der Waals surface area contributed by atoms with E-state index in [4.69, 9.17) is 14.6 Å². The van der Waals surface area contributed by atoms with E-state index in [1.54, 1.807) is 18.2 Å². The quantitative estimate of drug-likeness (QED) is 0.304. The summed E-state index contributed by atoms with van der Waals surface area (Å²) in [5.41, 5.74) is 1.25. The van der Waals surface area contributed by atoms with Gasteiger partial charge in [-0.15, -0.1) is 0 Å². The van der Waals surface area contributed by atoms with Gasteiger partial charge in [0.05, 0.1) is 6.61 Å². The molecule has 3 amide bonds. The molecule has 0 spiro atoms. The van der Waals surface area contributed by atoms with Gasteiger partial charge in [0.25, 0.3) is 17.7 Å². The van der Waals surface area contributed by atoms with Crippen LogP contribution in [0.1, 0.15) is 17.3 Å². The molecule has 214 valence electrons. The highest BCUT2D eigenvalue weighted by molar-refractivity contribution is 6.05. The predicted molar refractivity (Wildman–Crippen MR) is 140 cm³/mol. The molecule has 1 saturated heterocycles. The van der Waals surface area contributed by atoms with Crippen molar-refractivity contribution in [2.75, 3.05) is 37.0 Å². The second-order valence-corrected chi connectivity index (χ2v) is 8.93. The average molecular weight is 568 g/mol. The molecule has 1 fully saturated rings. The normalized spacial score (nSPS) is 15.6. The predicted octanol–water partition coefficient (Wildman–Crippen LogP) is 0.489. The monoisotopic (exact) mass is 567 g/mol. The number of ether oxygens (including phenoxy) is 2. The van der Waals surface area contributed by atoms with Crippen molar-refractivity contribution >= 4 is 41.0 Å². The standard InChI is InChI=1S/C26H25N5O10/c1-14(32)40-20(23(35)27-17-8-6-15(7-9-17)22-28-26(38)41-29-22)21-25(37)31(10-11-39-21)18-5-3-4-16(12-18)24(36)30(2)13-19(33)34/h3-9,12,20-21H,10-11,13H2,1-2H3,(H,27,35)(H,33,34)(H,28,29,38)/t20-,21-/m1/s1. The summed E-state index contributed by atoms with van der Waals surface area (Å²) < 4.78 is 15.3. The number of amides is 3. The van der Waals surface area contributed by atoms with E-state index in [2.05, 4.69) is 20.0 Å². The van der Waals surface area contributed by atoms with Crippen molar-refractivity contribution in [3.05, 3.63) is 64.6 Å². The summed E-state index contributed by atoms with van der Waals surface area (Å²) >= 11 is 0. The first-order chi connectivity index (χ1) is 19.5. The van der Waals surface area contributed by atoms with E-state index in [1.165, 1.54) is 42.3 Å². The molecule has 4 rings (SSSR count). The molecular formula is C26H25N5O10. The molecule has 0 aliphatic carbocycles. The van der Waals surface area contributed by atoms with Crippen molar-refractivity contribution in [1.82, 2.24) is 15.0 Å². The van der Waals surface area contributed by atoms with Gasteiger partial charge in [0, 0.05) is 43.0 Å². The zero-order valence-corrected chi connectivity index (χ0v) is 21.9. The van der Waals surface area contributed by atoms with E-state index < -0.39 is 54.2 Å².